The van der Waals surface area contributed by atoms with E-state index in [2.05, 4.69) is 65.5 Å². The number of hydrogen-bond acceptors (Lipinski definition) is 8. The molecule has 29 heavy (non-hydrogen) atoms. The van der Waals surface area contributed by atoms with Gasteiger partial charge in [-0.25, -0.2) is 4.98 Å². The van der Waals surface area contributed by atoms with Crippen LogP contribution in [0.1, 0.15) is 30.1 Å². The maximum atomic E-state index is 12.9. The van der Waals surface area contributed by atoms with E-state index in [-0.39, 0.29) is 5.56 Å². The fourth-order valence-corrected chi connectivity index (χ4v) is 5.84. The summed E-state index contributed by atoms with van der Waals surface area (Å²) in [6.45, 7) is 8.22. The highest BCUT2D eigenvalue weighted by Crippen LogP contribution is 2.36. The molecule has 0 aliphatic rings. The number of hydrogen-bond donors (Lipinski definition) is 2. The molecule has 9 heteroatoms. The molecule has 0 unspecified atom stereocenters. The Balaban J connectivity index is 1.60. The molecule has 0 aliphatic heterocycles. The molecular formula is C20H21N5OS3. The zero-order chi connectivity index (χ0) is 20.5. The molecule has 0 amide bonds. The van der Waals surface area contributed by atoms with E-state index in [4.69, 9.17) is 4.98 Å². The van der Waals surface area contributed by atoms with Gasteiger partial charge in [0.2, 0.25) is 5.13 Å². The van der Waals surface area contributed by atoms with Gasteiger partial charge in [-0.05, 0) is 33.3 Å². The molecule has 150 valence electrons. The Morgan fingerprint density at radius 2 is 1.90 bits per heavy atom. The number of rotatable bonds is 6. The Morgan fingerprint density at radius 3 is 2.62 bits per heavy atom. The van der Waals surface area contributed by atoms with Gasteiger partial charge in [0.1, 0.15) is 10.7 Å². The van der Waals surface area contributed by atoms with Crippen molar-refractivity contribution in [2.24, 2.45) is 0 Å². The van der Waals surface area contributed by atoms with Crippen molar-refractivity contribution in [2.45, 2.75) is 43.8 Å². The molecule has 0 spiro atoms. The SMILES string of the molecule is Cc1ccc(-c2c(C)sc3nc(CSc4nnc(NC(C)C)s4)[nH]c(=O)c23)cc1. The lowest BCUT2D eigenvalue weighted by atomic mass is 10.0. The molecule has 1 aromatic carbocycles. The van der Waals surface area contributed by atoms with Crippen LogP contribution in [-0.4, -0.2) is 26.2 Å². The molecule has 0 bridgehead atoms. The number of thioether (sulfide) groups is 1. The topological polar surface area (TPSA) is 83.6 Å². The van der Waals surface area contributed by atoms with Crippen LogP contribution in [0.15, 0.2) is 33.4 Å². The Kier molecular flexibility index (Phi) is 5.71. The molecular weight excluding hydrogens is 422 g/mol. The Morgan fingerprint density at radius 1 is 1.14 bits per heavy atom. The van der Waals surface area contributed by atoms with Gasteiger partial charge in [0.15, 0.2) is 4.34 Å². The first kappa shape index (κ1) is 20.1. The van der Waals surface area contributed by atoms with E-state index < -0.39 is 0 Å². The average Bonchev–Trinajstić information content (AvgIpc) is 3.24. The van der Waals surface area contributed by atoms with Crippen LogP contribution < -0.4 is 10.9 Å². The van der Waals surface area contributed by atoms with Gasteiger partial charge in [0.05, 0.1) is 11.1 Å². The van der Waals surface area contributed by atoms with Crippen LogP contribution >= 0.6 is 34.4 Å². The van der Waals surface area contributed by atoms with Gasteiger partial charge in [0, 0.05) is 16.5 Å². The fourth-order valence-electron chi connectivity index (χ4n) is 3.00. The average molecular weight is 444 g/mol. The summed E-state index contributed by atoms with van der Waals surface area (Å²) in [5.41, 5.74) is 3.13. The van der Waals surface area contributed by atoms with Crippen LogP contribution in [0.4, 0.5) is 5.13 Å². The number of anilines is 1. The Labute approximate surface area is 180 Å². The number of aromatic nitrogens is 4. The Hall–Kier alpha value is -2.23. The third kappa shape index (κ3) is 4.36. The van der Waals surface area contributed by atoms with Crippen LogP contribution in [0.25, 0.3) is 21.3 Å². The second-order valence-electron chi connectivity index (χ2n) is 7.05. The zero-order valence-electron chi connectivity index (χ0n) is 16.6. The predicted molar refractivity (Wildman–Crippen MR) is 123 cm³/mol. The summed E-state index contributed by atoms with van der Waals surface area (Å²) in [7, 11) is 0. The number of aryl methyl sites for hydroxylation is 2. The highest BCUT2D eigenvalue weighted by Gasteiger charge is 2.17. The van der Waals surface area contributed by atoms with E-state index >= 15 is 0 Å². The number of nitrogens with zero attached hydrogens (tertiary/aromatic N) is 3. The van der Waals surface area contributed by atoms with Crippen molar-refractivity contribution in [2.75, 3.05) is 5.32 Å². The molecule has 0 fully saturated rings. The van der Waals surface area contributed by atoms with Gasteiger partial charge in [0.25, 0.3) is 5.56 Å². The maximum absolute atomic E-state index is 12.9. The van der Waals surface area contributed by atoms with Crippen LogP contribution in [0.5, 0.6) is 0 Å². The van der Waals surface area contributed by atoms with Crippen LogP contribution in [0.3, 0.4) is 0 Å². The van der Waals surface area contributed by atoms with Crippen LogP contribution in [-0.2, 0) is 5.75 Å². The molecule has 0 radical (unpaired) electrons. The standard InChI is InChI=1S/C20H21N5OS3/c1-10(2)21-19-24-25-20(29-19)27-9-14-22-17(26)16-15(12(4)28-18(16)23-14)13-7-5-11(3)6-8-13/h5-8,10H,9H2,1-4H3,(H,21,24)(H,22,23,26). The third-order valence-electron chi connectivity index (χ3n) is 4.28. The highest BCUT2D eigenvalue weighted by atomic mass is 32.2. The summed E-state index contributed by atoms with van der Waals surface area (Å²) in [6.07, 6.45) is 0. The maximum Gasteiger partial charge on any atom is 0.260 e. The summed E-state index contributed by atoms with van der Waals surface area (Å²) in [4.78, 5) is 22.4. The second-order valence-corrected chi connectivity index (χ2v) is 10.5. The lowest BCUT2D eigenvalue weighted by Gasteiger charge is -2.03. The van der Waals surface area contributed by atoms with Gasteiger partial charge in [-0.1, -0.05) is 52.9 Å². The minimum Gasteiger partial charge on any atom is -0.358 e. The number of nitrogens with one attached hydrogen (secondary N) is 2. The molecule has 4 rings (SSSR count). The van der Waals surface area contributed by atoms with E-state index in [9.17, 15) is 4.79 Å². The molecule has 3 aromatic heterocycles. The van der Waals surface area contributed by atoms with Crippen molar-refractivity contribution in [3.05, 3.63) is 50.9 Å². The van der Waals surface area contributed by atoms with E-state index in [0.29, 0.717) is 23.0 Å². The fraction of sp³-hybridized carbons (Fsp3) is 0.300. The second kappa shape index (κ2) is 8.25. The van der Waals surface area contributed by atoms with Crippen molar-refractivity contribution in [1.29, 1.82) is 0 Å². The summed E-state index contributed by atoms with van der Waals surface area (Å²) < 4.78 is 0.846. The van der Waals surface area contributed by atoms with Crippen LogP contribution in [0.2, 0.25) is 0 Å². The zero-order valence-corrected chi connectivity index (χ0v) is 19.0. The minimum absolute atomic E-state index is 0.0926. The van der Waals surface area contributed by atoms with Gasteiger partial charge in [-0.15, -0.1) is 21.5 Å². The van der Waals surface area contributed by atoms with E-state index in [1.165, 1.54) is 28.7 Å². The summed E-state index contributed by atoms with van der Waals surface area (Å²) in [6, 6.07) is 8.56. The van der Waals surface area contributed by atoms with Gasteiger partial charge >= 0.3 is 0 Å². The highest BCUT2D eigenvalue weighted by molar-refractivity contribution is 8.00. The van der Waals surface area contributed by atoms with E-state index in [1.807, 2.05) is 6.92 Å². The molecule has 0 aliphatic carbocycles. The van der Waals surface area contributed by atoms with Gasteiger partial charge in [-0.3, -0.25) is 4.79 Å². The molecule has 6 nitrogen and oxygen atoms in total. The summed E-state index contributed by atoms with van der Waals surface area (Å²) in [5, 5.41) is 13.0. The smallest absolute Gasteiger partial charge is 0.260 e. The summed E-state index contributed by atoms with van der Waals surface area (Å²) >= 11 is 4.59. The first-order chi connectivity index (χ1) is 13.9. The van der Waals surface area contributed by atoms with Gasteiger partial charge < -0.3 is 10.3 Å². The molecule has 3 heterocycles. The van der Waals surface area contributed by atoms with Crippen LogP contribution in [0, 0.1) is 13.8 Å². The van der Waals surface area contributed by atoms with Crippen molar-refractivity contribution in [3.8, 4) is 11.1 Å². The largest absolute Gasteiger partial charge is 0.358 e. The van der Waals surface area contributed by atoms with Crippen molar-refractivity contribution in [3.63, 3.8) is 0 Å². The number of thiophene rings is 1. The molecule has 0 saturated carbocycles. The first-order valence-corrected chi connectivity index (χ1v) is 11.8. The number of H-pyrrole nitrogens is 1. The van der Waals surface area contributed by atoms with E-state index in [0.717, 1.165) is 30.3 Å². The minimum atomic E-state index is -0.0926. The normalized spacial score (nSPS) is 11.5. The number of fused-ring (bicyclic) bond motifs is 1. The van der Waals surface area contributed by atoms with Crippen molar-refractivity contribution in [1.82, 2.24) is 20.2 Å². The third-order valence-corrected chi connectivity index (χ3v) is 7.28. The van der Waals surface area contributed by atoms with Crippen molar-refractivity contribution >= 4 is 49.8 Å². The molecule has 0 saturated heterocycles. The lowest BCUT2D eigenvalue weighted by molar-refractivity contribution is 0.883. The quantitative estimate of drug-likeness (QED) is 0.397. The van der Waals surface area contributed by atoms with E-state index in [1.54, 1.807) is 11.3 Å². The number of benzene rings is 1. The molecule has 2 N–H and O–H groups in total. The first-order valence-electron chi connectivity index (χ1n) is 9.23. The lowest BCUT2D eigenvalue weighted by Crippen LogP contribution is -2.10. The molecule has 4 aromatic rings. The molecule has 0 atom stereocenters. The predicted octanol–water partition coefficient (Wildman–Crippen LogP) is 5.23. The van der Waals surface area contributed by atoms with Gasteiger partial charge in [-0.2, -0.15) is 0 Å². The Bertz CT molecular complexity index is 1210. The summed E-state index contributed by atoms with van der Waals surface area (Å²) in [5.74, 6) is 1.19. The number of aromatic amines is 1. The monoisotopic (exact) mass is 443 g/mol. The van der Waals surface area contributed by atoms with Crippen molar-refractivity contribution < 1.29 is 0 Å².